The van der Waals surface area contributed by atoms with Gasteiger partial charge in [-0.15, -0.1) is 11.8 Å². The molecular formula is C21H23N3O3S3. The normalized spacial score (nSPS) is 16.1. The maximum Gasteiger partial charge on any atom is 0.257 e. The van der Waals surface area contributed by atoms with Crippen LogP contribution < -0.4 is 5.32 Å². The molecule has 6 nitrogen and oxygen atoms in total. The van der Waals surface area contributed by atoms with E-state index in [-0.39, 0.29) is 10.8 Å². The molecule has 9 heteroatoms. The van der Waals surface area contributed by atoms with Gasteiger partial charge in [-0.2, -0.15) is 4.31 Å². The first-order chi connectivity index (χ1) is 14.4. The number of sulfonamides is 1. The number of carbonyl (C=O) groups excluding carboxylic acids is 1. The van der Waals surface area contributed by atoms with Crippen LogP contribution >= 0.6 is 23.1 Å². The van der Waals surface area contributed by atoms with Gasteiger partial charge in [-0.3, -0.25) is 10.1 Å². The van der Waals surface area contributed by atoms with E-state index in [0.29, 0.717) is 29.7 Å². The molecule has 2 heterocycles. The van der Waals surface area contributed by atoms with Crippen molar-refractivity contribution in [1.29, 1.82) is 0 Å². The molecule has 0 aliphatic carbocycles. The third-order valence-corrected chi connectivity index (χ3v) is 8.88. The summed E-state index contributed by atoms with van der Waals surface area (Å²) in [5.41, 5.74) is 1.23. The summed E-state index contributed by atoms with van der Waals surface area (Å²) < 4.78 is 28.2. The minimum Gasteiger partial charge on any atom is -0.298 e. The average molecular weight is 462 g/mol. The number of anilines is 1. The number of fused-ring (bicyclic) bond motifs is 1. The molecule has 1 aromatic heterocycles. The van der Waals surface area contributed by atoms with Crippen LogP contribution in [0.15, 0.2) is 52.3 Å². The number of amides is 1. The Balaban J connectivity index is 1.48. The predicted octanol–water partition coefficient (Wildman–Crippen LogP) is 4.69. The monoisotopic (exact) mass is 461 g/mol. The van der Waals surface area contributed by atoms with Crippen molar-refractivity contribution in [2.24, 2.45) is 5.92 Å². The van der Waals surface area contributed by atoms with E-state index >= 15 is 0 Å². The topological polar surface area (TPSA) is 79.4 Å². The maximum absolute atomic E-state index is 12.8. The predicted molar refractivity (Wildman–Crippen MR) is 123 cm³/mol. The van der Waals surface area contributed by atoms with Crippen LogP contribution in [0, 0.1) is 5.92 Å². The van der Waals surface area contributed by atoms with Gasteiger partial charge in [0.05, 0.1) is 15.1 Å². The van der Waals surface area contributed by atoms with Crippen molar-refractivity contribution in [1.82, 2.24) is 9.29 Å². The molecule has 1 aliphatic heterocycles. The molecule has 2 aromatic carbocycles. The number of nitrogens with one attached hydrogen (secondary N) is 1. The highest BCUT2D eigenvalue weighted by atomic mass is 32.2. The van der Waals surface area contributed by atoms with Crippen molar-refractivity contribution in [2.45, 2.75) is 29.6 Å². The number of benzene rings is 2. The largest absolute Gasteiger partial charge is 0.298 e. The van der Waals surface area contributed by atoms with Crippen LogP contribution in [0.5, 0.6) is 0 Å². The molecule has 1 N–H and O–H groups in total. The molecule has 0 spiro atoms. The molecule has 158 valence electrons. The number of thioether (sulfide) groups is 1. The Kier molecular flexibility index (Phi) is 6.15. The number of aromatic nitrogens is 1. The van der Waals surface area contributed by atoms with Crippen LogP contribution in [0.25, 0.3) is 10.2 Å². The highest BCUT2D eigenvalue weighted by Gasteiger charge is 2.28. The van der Waals surface area contributed by atoms with Gasteiger partial charge in [0.15, 0.2) is 5.13 Å². The summed E-state index contributed by atoms with van der Waals surface area (Å²) in [6.45, 7) is 3.23. The average Bonchev–Trinajstić information content (AvgIpc) is 3.15. The Hall–Kier alpha value is -1.94. The van der Waals surface area contributed by atoms with E-state index < -0.39 is 10.0 Å². The highest BCUT2D eigenvalue weighted by molar-refractivity contribution is 7.98. The lowest BCUT2D eigenvalue weighted by atomic mass is 10.0. The second-order valence-electron chi connectivity index (χ2n) is 7.42. The summed E-state index contributed by atoms with van der Waals surface area (Å²) >= 11 is 3.07. The second-order valence-corrected chi connectivity index (χ2v) is 11.3. The summed E-state index contributed by atoms with van der Waals surface area (Å²) in [6, 6.07) is 12.1. The quantitative estimate of drug-likeness (QED) is 0.558. The molecule has 1 amide bonds. The molecule has 0 unspecified atom stereocenters. The summed E-state index contributed by atoms with van der Waals surface area (Å²) in [7, 11) is -3.52. The first kappa shape index (κ1) is 21.3. The summed E-state index contributed by atoms with van der Waals surface area (Å²) in [5.74, 6) is 0.243. The van der Waals surface area contributed by atoms with E-state index in [2.05, 4.69) is 17.2 Å². The number of hydrogen-bond acceptors (Lipinski definition) is 6. The van der Waals surface area contributed by atoms with E-state index in [1.807, 2.05) is 24.5 Å². The Labute approximate surface area is 184 Å². The van der Waals surface area contributed by atoms with Gasteiger partial charge in [-0.1, -0.05) is 18.3 Å². The lowest BCUT2D eigenvalue weighted by Gasteiger charge is -2.29. The lowest BCUT2D eigenvalue weighted by Crippen LogP contribution is -2.37. The van der Waals surface area contributed by atoms with Gasteiger partial charge in [0, 0.05) is 23.5 Å². The molecular weight excluding hydrogens is 438 g/mol. The smallest absolute Gasteiger partial charge is 0.257 e. The van der Waals surface area contributed by atoms with Crippen LogP contribution in [0.2, 0.25) is 0 Å². The molecule has 0 saturated carbocycles. The Morgan fingerprint density at radius 3 is 2.53 bits per heavy atom. The van der Waals surface area contributed by atoms with Crippen molar-refractivity contribution in [3.05, 3.63) is 48.0 Å². The van der Waals surface area contributed by atoms with Gasteiger partial charge < -0.3 is 0 Å². The molecule has 0 radical (unpaired) electrons. The summed E-state index contributed by atoms with van der Waals surface area (Å²) in [4.78, 5) is 18.4. The fraction of sp³-hybridized carbons (Fsp3) is 0.333. The van der Waals surface area contributed by atoms with Crippen molar-refractivity contribution < 1.29 is 13.2 Å². The molecule has 0 atom stereocenters. The number of hydrogen-bond donors (Lipinski definition) is 1. The number of piperidine rings is 1. The zero-order chi connectivity index (χ0) is 21.3. The van der Waals surface area contributed by atoms with Gasteiger partial charge in [0.2, 0.25) is 10.0 Å². The van der Waals surface area contributed by atoms with Gasteiger partial charge in [-0.05, 0) is 67.5 Å². The second kappa shape index (κ2) is 8.66. The number of nitrogens with zero attached hydrogens (tertiary/aromatic N) is 2. The van der Waals surface area contributed by atoms with Gasteiger partial charge in [0.25, 0.3) is 5.91 Å². The van der Waals surface area contributed by atoms with Crippen molar-refractivity contribution in [3.8, 4) is 0 Å². The van der Waals surface area contributed by atoms with E-state index in [4.69, 9.17) is 0 Å². The van der Waals surface area contributed by atoms with Gasteiger partial charge in [0.1, 0.15) is 0 Å². The fourth-order valence-corrected chi connectivity index (χ4v) is 6.29. The molecule has 3 aromatic rings. The SMILES string of the molecule is CSc1ccc2nc(NC(=O)c3ccc(S(=O)(=O)N4CCC(C)CC4)cc3)sc2c1. The zero-order valence-corrected chi connectivity index (χ0v) is 19.2. The lowest BCUT2D eigenvalue weighted by molar-refractivity contribution is 0.102. The molecule has 4 rings (SSSR count). The van der Waals surface area contributed by atoms with E-state index in [0.717, 1.165) is 28.0 Å². The first-order valence-electron chi connectivity index (χ1n) is 9.73. The fourth-order valence-electron chi connectivity index (χ4n) is 3.41. The van der Waals surface area contributed by atoms with Crippen molar-refractivity contribution in [3.63, 3.8) is 0 Å². The Morgan fingerprint density at radius 2 is 1.87 bits per heavy atom. The van der Waals surface area contributed by atoms with Crippen LogP contribution in [0.4, 0.5) is 5.13 Å². The highest BCUT2D eigenvalue weighted by Crippen LogP contribution is 2.30. The van der Waals surface area contributed by atoms with Crippen molar-refractivity contribution >= 4 is 54.4 Å². The minimum absolute atomic E-state index is 0.221. The van der Waals surface area contributed by atoms with Crippen LogP contribution in [-0.4, -0.2) is 43.0 Å². The van der Waals surface area contributed by atoms with E-state index in [9.17, 15) is 13.2 Å². The maximum atomic E-state index is 12.8. The third-order valence-electron chi connectivity index (χ3n) is 5.31. The minimum atomic E-state index is -3.52. The van der Waals surface area contributed by atoms with Crippen LogP contribution in [-0.2, 0) is 10.0 Å². The van der Waals surface area contributed by atoms with Gasteiger partial charge >= 0.3 is 0 Å². The Morgan fingerprint density at radius 1 is 1.17 bits per heavy atom. The van der Waals surface area contributed by atoms with E-state index in [1.165, 1.54) is 27.8 Å². The summed E-state index contributed by atoms with van der Waals surface area (Å²) in [6.07, 6.45) is 3.77. The molecule has 30 heavy (non-hydrogen) atoms. The molecule has 1 aliphatic rings. The molecule has 1 fully saturated rings. The zero-order valence-electron chi connectivity index (χ0n) is 16.8. The molecule has 1 saturated heterocycles. The third kappa shape index (κ3) is 4.39. The van der Waals surface area contributed by atoms with Crippen molar-refractivity contribution in [2.75, 3.05) is 24.7 Å². The summed E-state index contributed by atoms with van der Waals surface area (Å²) in [5, 5.41) is 3.33. The Bertz CT molecular complexity index is 1170. The molecule has 0 bridgehead atoms. The first-order valence-corrected chi connectivity index (χ1v) is 13.2. The van der Waals surface area contributed by atoms with Gasteiger partial charge in [-0.25, -0.2) is 13.4 Å². The van der Waals surface area contributed by atoms with E-state index in [1.54, 1.807) is 23.9 Å². The van der Waals surface area contributed by atoms with Crippen LogP contribution in [0.1, 0.15) is 30.1 Å². The number of carbonyl (C=O) groups is 1. The number of thiazole rings is 1. The number of rotatable bonds is 5. The standard InChI is InChI=1S/C21H23N3O3S3/c1-14-9-11-24(12-10-14)30(26,27)17-6-3-15(4-7-17)20(25)23-21-22-18-8-5-16(28-2)13-19(18)29-21/h3-8,13-14H,9-12H2,1-2H3,(H,22,23,25). The van der Waals surface area contributed by atoms with Crippen LogP contribution in [0.3, 0.4) is 0 Å².